The van der Waals surface area contributed by atoms with E-state index in [9.17, 15) is 4.39 Å². The van der Waals surface area contributed by atoms with E-state index < -0.39 is 0 Å². The highest BCUT2D eigenvalue weighted by molar-refractivity contribution is 5.25. The van der Waals surface area contributed by atoms with E-state index in [1.54, 1.807) is 13.0 Å². The molecule has 1 aromatic carbocycles. The summed E-state index contributed by atoms with van der Waals surface area (Å²) in [7, 11) is 0. The predicted molar refractivity (Wildman–Crippen MR) is 63.7 cm³/mol. The van der Waals surface area contributed by atoms with E-state index in [2.05, 4.69) is 12.2 Å². The van der Waals surface area contributed by atoms with Gasteiger partial charge >= 0.3 is 0 Å². The smallest absolute Gasteiger partial charge is 0.126 e. The minimum atomic E-state index is -0.128. The zero-order valence-corrected chi connectivity index (χ0v) is 9.83. The zero-order chi connectivity index (χ0) is 11.7. The van der Waals surface area contributed by atoms with Gasteiger partial charge in [0.25, 0.3) is 0 Å². The number of nitrogens with one attached hydrogen (secondary N) is 1. The number of halogens is 1. The fourth-order valence-electron chi connectivity index (χ4n) is 2.13. The van der Waals surface area contributed by atoms with Gasteiger partial charge in [-0.05, 0) is 43.9 Å². The van der Waals surface area contributed by atoms with Crippen molar-refractivity contribution >= 4 is 0 Å². The summed E-state index contributed by atoms with van der Waals surface area (Å²) in [4.78, 5) is 0. The van der Waals surface area contributed by atoms with E-state index in [-0.39, 0.29) is 11.9 Å². The van der Waals surface area contributed by atoms with Crippen molar-refractivity contribution in [2.24, 2.45) is 5.73 Å². The second kappa shape index (κ2) is 4.52. The van der Waals surface area contributed by atoms with Gasteiger partial charge in [-0.25, -0.2) is 4.39 Å². The Kier molecular flexibility index (Phi) is 3.26. The molecule has 1 aromatic rings. The Morgan fingerprint density at radius 3 is 2.69 bits per heavy atom. The Hall–Kier alpha value is -0.930. The molecule has 16 heavy (non-hydrogen) atoms. The van der Waals surface area contributed by atoms with Crippen molar-refractivity contribution < 1.29 is 4.39 Å². The summed E-state index contributed by atoms with van der Waals surface area (Å²) in [5.74, 6) is -0.128. The summed E-state index contributed by atoms with van der Waals surface area (Å²) >= 11 is 0. The van der Waals surface area contributed by atoms with Gasteiger partial charge in [-0.15, -0.1) is 0 Å². The van der Waals surface area contributed by atoms with E-state index in [1.807, 2.05) is 12.1 Å². The first-order valence-electron chi connectivity index (χ1n) is 5.84. The molecule has 0 heterocycles. The topological polar surface area (TPSA) is 38.0 Å². The zero-order valence-electron chi connectivity index (χ0n) is 9.83. The maximum absolute atomic E-state index is 13.4. The average molecular weight is 222 g/mol. The molecule has 0 bridgehead atoms. The van der Waals surface area contributed by atoms with Gasteiger partial charge in [0.1, 0.15) is 5.82 Å². The van der Waals surface area contributed by atoms with Crippen molar-refractivity contribution in [1.29, 1.82) is 0 Å². The summed E-state index contributed by atoms with van der Waals surface area (Å²) < 4.78 is 13.4. The molecule has 0 spiro atoms. The van der Waals surface area contributed by atoms with Gasteiger partial charge < -0.3 is 11.1 Å². The summed E-state index contributed by atoms with van der Waals surface area (Å²) in [5, 5.41) is 3.46. The van der Waals surface area contributed by atoms with Gasteiger partial charge in [-0.1, -0.05) is 12.1 Å². The number of rotatable bonds is 3. The molecule has 2 rings (SSSR count). The maximum Gasteiger partial charge on any atom is 0.126 e. The Morgan fingerprint density at radius 1 is 1.44 bits per heavy atom. The minimum absolute atomic E-state index is 0.128. The van der Waals surface area contributed by atoms with Gasteiger partial charge in [0, 0.05) is 18.1 Å². The molecule has 88 valence electrons. The lowest BCUT2D eigenvalue weighted by molar-refractivity contribution is 0.272. The highest BCUT2D eigenvalue weighted by Crippen LogP contribution is 2.23. The molecular weight excluding hydrogens is 203 g/mol. The van der Waals surface area contributed by atoms with Gasteiger partial charge in [0.2, 0.25) is 0 Å². The maximum atomic E-state index is 13.4. The van der Waals surface area contributed by atoms with Crippen LogP contribution < -0.4 is 11.1 Å². The van der Waals surface area contributed by atoms with Gasteiger partial charge in [0.05, 0.1) is 0 Å². The molecule has 2 nitrogen and oxygen atoms in total. The summed E-state index contributed by atoms with van der Waals surface area (Å²) in [6.07, 6.45) is 2.05. The molecule has 1 fully saturated rings. The molecule has 1 saturated carbocycles. The van der Waals surface area contributed by atoms with E-state index in [1.165, 1.54) is 0 Å². The molecular formula is C13H19FN2. The first kappa shape index (κ1) is 11.6. The van der Waals surface area contributed by atoms with Crippen molar-refractivity contribution in [3.63, 3.8) is 0 Å². The third-order valence-electron chi connectivity index (χ3n) is 3.36. The van der Waals surface area contributed by atoms with Crippen molar-refractivity contribution in [3.8, 4) is 0 Å². The van der Waals surface area contributed by atoms with Crippen LogP contribution in [0.15, 0.2) is 18.2 Å². The highest BCUT2D eigenvalue weighted by Gasteiger charge is 2.26. The molecule has 0 aromatic heterocycles. The number of nitrogens with two attached hydrogens (primary N) is 1. The molecule has 1 aliphatic carbocycles. The van der Waals surface area contributed by atoms with E-state index in [0.29, 0.717) is 17.6 Å². The Morgan fingerprint density at radius 2 is 2.12 bits per heavy atom. The summed E-state index contributed by atoms with van der Waals surface area (Å²) in [5.41, 5.74) is 7.43. The minimum Gasteiger partial charge on any atom is -0.328 e. The summed E-state index contributed by atoms with van der Waals surface area (Å²) in [6.45, 7) is 3.84. The number of hydrogen-bond acceptors (Lipinski definition) is 2. The third kappa shape index (κ3) is 2.42. The average Bonchev–Trinajstić information content (AvgIpc) is 2.19. The van der Waals surface area contributed by atoms with Crippen LogP contribution in [0.1, 0.15) is 36.9 Å². The second-order valence-corrected chi connectivity index (χ2v) is 4.83. The molecule has 1 aliphatic rings. The van der Waals surface area contributed by atoms with E-state index >= 15 is 0 Å². The van der Waals surface area contributed by atoms with Crippen LogP contribution in [0.3, 0.4) is 0 Å². The number of benzene rings is 1. The normalized spacial score (nSPS) is 26.2. The molecule has 0 amide bonds. The second-order valence-electron chi connectivity index (χ2n) is 4.83. The van der Waals surface area contributed by atoms with Crippen LogP contribution in [0.2, 0.25) is 0 Å². The first-order chi connectivity index (χ1) is 7.56. The van der Waals surface area contributed by atoms with Crippen molar-refractivity contribution in [2.75, 3.05) is 0 Å². The van der Waals surface area contributed by atoms with Crippen molar-refractivity contribution in [2.45, 2.75) is 44.8 Å². The Balaban J connectivity index is 1.97. The standard InChI is InChI=1S/C13H19FN2/c1-8-3-4-10(5-13(8)14)9(2)16-12-6-11(15)7-12/h3-5,9,11-12,16H,6-7,15H2,1-2H3. The highest BCUT2D eigenvalue weighted by atomic mass is 19.1. The number of aryl methyl sites for hydroxylation is 1. The van der Waals surface area contributed by atoms with Crippen molar-refractivity contribution in [1.82, 2.24) is 5.32 Å². The Labute approximate surface area is 96.0 Å². The van der Waals surface area contributed by atoms with Crippen molar-refractivity contribution in [3.05, 3.63) is 35.1 Å². The van der Waals surface area contributed by atoms with Crippen LogP contribution in [0.25, 0.3) is 0 Å². The molecule has 1 atom stereocenters. The summed E-state index contributed by atoms with van der Waals surface area (Å²) in [6, 6.07) is 6.46. The van der Waals surface area contributed by atoms with Crippen LogP contribution in [0.4, 0.5) is 4.39 Å². The molecule has 3 N–H and O–H groups in total. The van der Waals surface area contributed by atoms with Crippen LogP contribution >= 0.6 is 0 Å². The molecule has 3 heteroatoms. The van der Waals surface area contributed by atoms with Gasteiger partial charge in [-0.3, -0.25) is 0 Å². The SMILES string of the molecule is Cc1ccc(C(C)NC2CC(N)C2)cc1F. The Bertz CT molecular complexity index is 372. The monoisotopic (exact) mass is 222 g/mol. The first-order valence-corrected chi connectivity index (χ1v) is 5.84. The van der Waals surface area contributed by atoms with Crippen LogP contribution in [0.5, 0.6) is 0 Å². The van der Waals surface area contributed by atoms with Crippen LogP contribution in [0, 0.1) is 12.7 Å². The molecule has 1 unspecified atom stereocenters. The lowest BCUT2D eigenvalue weighted by atomic mass is 9.86. The van der Waals surface area contributed by atoms with Crippen LogP contribution in [-0.4, -0.2) is 12.1 Å². The third-order valence-corrected chi connectivity index (χ3v) is 3.36. The fourth-order valence-corrected chi connectivity index (χ4v) is 2.13. The van der Waals surface area contributed by atoms with E-state index in [0.717, 1.165) is 18.4 Å². The molecule has 0 aliphatic heterocycles. The largest absolute Gasteiger partial charge is 0.328 e. The van der Waals surface area contributed by atoms with Gasteiger partial charge in [-0.2, -0.15) is 0 Å². The lowest BCUT2D eigenvalue weighted by Crippen LogP contribution is -2.49. The predicted octanol–water partition coefficient (Wildman–Crippen LogP) is 2.27. The van der Waals surface area contributed by atoms with Crippen LogP contribution in [-0.2, 0) is 0 Å². The molecule has 0 radical (unpaired) electrons. The number of hydrogen-bond donors (Lipinski definition) is 2. The quantitative estimate of drug-likeness (QED) is 0.823. The van der Waals surface area contributed by atoms with Gasteiger partial charge in [0.15, 0.2) is 0 Å². The lowest BCUT2D eigenvalue weighted by Gasteiger charge is -2.35. The fraction of sp³-hybridized carbons (Fsp3) is 0.538. The molecule has 0 saturated heterocycles. The van der Waals surface area contributed by atoms with E-state index in [4.69, 9.17) is 5.73 Å².